The maximum absolute atomic E-state index is 11.4. The summed E-state index contributed by atoms with van der Waals surface area (Å²) in [5.41, 5.74) is 6.21. The Bertz CT molecular complexity index is 1050. The van der Waals surface area contributed by atoms with Gasteiger partial charge in [-0.25, -0.2) is 4.79 Å². The van der Waals surface area contributed by atoms with Crippen LogP contribution in [0.2, 0.25) is 5.02 Å². The van der Waals surface area contributed by atoms with Crippen LogP contribution in [0.15, 0.2) is 53.6 Å². The zero-order chi connectivity index (χ0) is 23.7. The van der Waals surface area contributed by atoms with E-state index in [0.717, 1.165) is 41.5 Å². The Morgan fingerprint density at radius 1 is 1.00 bits per heavy atom. The fraction of sp³-hybridized carbons (Fsp3) is 0.393. The number of carboxylic acid groups (broad SMARTS) is 1. The highest BCUT2D eigenvalue weighted by Gasteiger charge is 2.37. The zero-order valence-corrected chi connectivity index (χ0v) is 20.4. The number of allylic oxidation sites excluding steroid dienone is 1. The summed E-state index contributed by atoms with van der Waals surface area (Å²) in [5.74, 6) is -0.810. The first-order valence-electron chi connectivity index (χ1n) is 11.2. The number of hydrogen-bond acceptors (Lipinski definition) is 2. The van der Waals surface area contributed by atoms with Gasteiger partial charge in [-0.15, -0.1) is 0 Å². The van der Waals surface area contributed by atoms with Crippen LogP contribution in [0.4, 0.5) is 0 Å². The number of halogens is 1. The van der Waals surface area contributed by atoms with Crippen molar-refractivity contribution in [1.29, 1.82) is 0 Å². The minimum atomic E-state index is -0.884. The maximum atomic E-state index is 11.4. The van der Waals surface area contributed by atoms with E-state index in [1.807, 2.05) is 31.2 Å². The van der Waals surface area contributed by atoms with E-state index < -0.39 is 5.97 Å². The normalized spacial score (nSPS) is 17.8. The van der Waals surface area contributed by atoms with E-state index in [-0.39, 0.29) is 16.6 Å². The van der Waals surface area contributed by atoms with Gasteiger partial charge in [-0.05, 0) is 77.0 Å². The molecule has 0 unspecified atom stereocenters. The molecule has 3 nitrogen and oxygen atoms in total. The largest absolute Gasteiger partial charge is 0.506 e. The molecule has 0 heterocycles. The van der Waals surface area contributed by atoms with Crippen LogP contribution in [0.3, 0.4) is 0 Å². The molecule has 4 heteroatoms. The lowest BCUT2D eigenvalue weighted by Gasteiger charge is -2.43. The second kappa shape index (κ2) is 9.15. The lowest BCUT2D eigenvalue weighted by atomic mass is 9.62. The van der Waals surface area contributed by atoms with E-state index in [1.54, 1.807) is 12.1 Å². The summed E-state index contributed by atoms with van der Waals surface area (Å²) in [4.78, 5) is 11.4. The average molecular weight is 453 g/mol. The first-order chi connectivity index (χ1) is 14.9. The Kier molecular flexibility index (Phi) is 6.90. The molecule has 2 aromatic rings. The van der Waals surface area contributed by atoms with Gasteiger partial charge >= 0.3 is 5.97 Å². The highest BCUT2D eigenvalue weighted by Crippen LogP contribution is 2.51. The van der Waals surface area contributed by atoms with E-state index in [9.17, 15) is 15.0 Å². The van der Waals surface area contributed by atoms with E-state index >= 15 is 0 Å². The van der Waals surface area contributed by atoms with Crippen LogP contribution in [0, 0.1) is 10.8 Å². The highest BCUT2D eigenvalue weighted by molar-refractivity contribution is 6.32. The molecule has 1 saturated carbocycles. The van der Waals surface area contributed by atoms with Crippen molar-refractivity contribution in [2.24, 2.45) is 10.8 Å². The minimum Gasteiger partial charge on any atom is -0.506 e. The van der Waals surface area contributed by atoms with Crippen LogP contribution in [-0.4, -0.2) is 16.2 Å². The summed E-state index contributed by atoms with van der Waals surface area (Å²) in [6.07, 6.45) is 5.34. The van der Waals surface area contributed by atoms with E-state index in [2.05, 4.69) is 39.8 Å². The second-order valence-electron chi connectivity index (χ2n) is 10.5. The second-order valence-corrected chi connectivity index (χ2v) is 10.9. The number of phenols is 1. The summed E-state index contributed by atoms with van der Waals surface area (Å²) in [6, 6.07) is 13.4. The molecule has 0 atom stereocenters. The third kappa shape index (κ3) is 5.63. The van der Waals surface area contributed by atoms with Crippen LogP contribution < -0.4 is 0 Å². The third-order valence-electron chi connectivity index (χ3n) is 6.13. The van der Waals surface area contributed by atoms with Crippen LogP contribution >= 0.6 is 11.6 Å². The number of carbonyl (C=O) groups is 1. The minimum absolute atomic E-state index is 0.0744. The topological polar surface area (TPSA) is 57.5 Å². The Labute approximate surface area is 196 Å². The summed E-state index contributed by atoms with van der Waals surface area (Å²) < 4.78 is 0. The molecular formula is C28H33ClO3. The fourth-order valence-corrected chi connectivity index (χ4v) is 5.50. The van der Waals surface area contributed by atoms with Crippen molar-refractivity contribution in [3.8, 4) is 5.75 Å². The van der Waals surface area contributed by atoms with E-state index in [4.69, 9.17) is 11.6 Å². The molecule has 1 fully saturated rings. The molecule has 170 valence electrons. The van der Waals surface area contributed by atoms with Crippen molar-refractivity contribution < 1.29 is 15.0 Å². The van der Waals surface area contributed by atoms with Crippen LogP contribution in [0.1, 0.15) is 77.0 Å². The lowest BCUT2D eigenvalue weighted by molar-refractivity contribution is -0.132. The highest BCUT2D eigenvalue weighted by atomic mass is 35.5. The van der Waals surface area contributed by atoms with Crippen LogP contribution in [0.25, 0.3) is 11.6 Å². The van der Waals surface area contributed by atoms with Crippen molar-refractivity contribution >= 4 is 29.2 Å². The number of rotatable bonds is 5. The number of aromatic hydroxyl groups is 1. The number of phenolic OH excluding ortho intramolecular Hbond substituents is 1. The van der Waals surface area contributed by atoms with Gasteiger partial charge < -0.3 is 10.2 Å². The van der Waals surface area contributed by atoms with E-state index in [1.165, 1.54) is 5.57 Å². The number of hydrogen-bond donors (Lipinski definition) is 2. The standard InChI is InChI=1S/C28H33ClO3/c1-6-19(26(31)32)13-18-7-9-20(10-8-18)25(21-11-12-24(30)23(29)14-21)22-15-27(2,3)17-28(4,5)16-22/h7-14,30H,6,15-17H2,1-5H3,(H,31,32). The summed E-state index contributed by atoms with van der Waals surface area (Å²) >= 11 is 6.29. The lowest BCUT2D eigenvalue weighted by Crippen LogP contribution is -2.30. The molecule has 0 spiro atoms. The summed E-state index contributed by atoms with van der Waals surface area (Å²) in [7, 11) is 0. The quantitative estimate of drug-likeness (QED) is 0.452. The summed E-state index contributed by atoms with van der Waals surface area (Å²) in [5, 5.41) is 19.6. The molecule has 1 aliphatic carbocycles. The van der Waals surface area contributed by atoms with Crippen molar-refractivity contribution in [3.63, 3.8) is 0 Å². The first kappa shape index (κ1) is 24.1. The number of benzene rings is 2. The maximum Gasteiger partial charge on any atom is 0.331 e. The van der Waals surface area contributed by atoms with Crippen LogP contribution in [0.5, 0.6) is 5.75 Å². The molecule has 1 aliphatic rings. The van der Waals surface area contributed by atoms with Gasteiger partial charge in [0.05, 0.1) is 5.02 Å². The molecule has 0 aliphatic heterocycles. The van der Waals surface area contributed by atoms with Gasteiger partial charge in [0.15, 0.2) is 0 Å². The molecule has 32 heavy (non-hydrogen) atoms. The Morgan fingerprint density at radius 2 is 1.56 bits per heavy atom. The fourth-order valence-electron chi connectivity index (χ4n) is 5.31. The molecule has 0 radical (unpaired) electrons. The third-order valence-corrected chi connectivity index (χ3v) is 6.43. The smallest absolute Gasteiger partial charge is 0.331 e. The van der Waals surface area contributed by atoms with Gasteiger partial charge in [-0.3, -0.25) is 0 Å². The molecule has 2 aromatic carbocycles. The van der Waals surface area contributed by atoms with Crippen molar-refractivity contribution in [1.82, 2.24) is 0 Å². The van der Waals surface area contributed by atoms with Gasteiger partial charge in [-0.2, -0.15) is 0 Å². The monoisotopic (exact) mass is 452 g/mol. The first-order valence-corrected chi connectivity index (χ1v) is 11.5. The van der Waals surface area contributed by atoms with Crippen LogP contribution in [-0.2, 0) is 4.79 Å². The molecule has 3 rings (SSSR count). The zero-order valence-electron chi connectivity index (χ0n) is 19.6. The van der Waals surface area contributed by atoms with Gasteiger partial charge in [0, 0.05) is 5.57 Å². The Morgan fingerprint density at radius 3 is 2.06 bits per heavy atom. The predicted octanol–water partition coefficient (Wildman–Crippen LogP) is 7.96. The van der Waals surface area contributed by atoms with E-state index in [0.29, 0.717) is 17.0 Å². The van der Waals surface area contributed by atoms with Crippen molar-refractivity contribution in [2.45, 2.75) is 60.3 Å². The van der Waals surface area contributed by atoms with Gasteiger partial charge in [-0.1, -0.05) is 82.1 Å². The predicted molar refractivity (Wildman–Crippen MR) is 133 cm³/mol. The average Bonchev–Trinajstić information content (AvgIpc) is 2.67. The number of carboxylic acids is 1. The van der Waals surface area contributed by atoms with Gasteiger partial charge in [0.2, 0.25) is 0 Å². The molecule has 0 bridgehead atoms. The SMILES string of the molecule is CCC(=Cc1ccc(C(=C2CC(C)(C)CC(C)(C)C2)c2ccc(O)c(Cl)c2)cc1)C(=O)O. The Hall–Kier alpha value is -2.52. The molecule has 0 aromatic heterocycles. The number of aliphatic carboxylic acids is 1. The Balaban J connectivity index is 2.15. The molecule has 0 saturated heterocycles. The summed E-state index contributed by atoms with van der Waals surface area (Å²) in [6.45, 7) is 11.1. The van der Waals surface area contributed by atoms with Crippen molar-refractivity contribution in [2.75, 3.05) is 0 Å². The molecular weight excluding hydrogens is 420 g/mol. The van der Waals surface area contributed by atoms with Crippen molar-refractivity contribution in [3.05, 3.63) is 75.3 Å². The van der Waals surface area contributed by atoms with Gasteiger partial charge in [0.25, 0.3) is 0 Å². The molecule has 2 N–H and O–H groups in total. The molecule has 0 amide bonds. The van der Waals surface area contributed by atoms with Gasteiger partial charge in [0.1, 0.15) is 5.75 Å².